The lowest BCUT2D eigenvalue weighted by Gasteiger charge is -2.38. The topological polar surface area (TPSA) is 76.1 Å². The van der Waals surface area contributed by atoms with Gasteiger partial charge in [0, 0.05) is 38.8 Å². The number of hydrogen-bond donors (Lipinski definition) is 2. The molecule has 28 heavy (non-hydrogen) atoms. The first kappa shape index (κ1) is 20.3. The van der Waals surface area contributed by atoms with Gasteiger partial charge in [-0.1, -0.05) is 6.42 Å². The zero-order valence-electron chi connectivity index (χ0n) is 15.7. The Morgan fingerprint density at radius 1 is 1.04 bits per heavy atom. The number of nitrogens with one attached hydrogen (secondary N) is 1. The first-order valence-corrected chi connectivity index (χ1v) is 9.64. The van der Waals surface area contributed by atoms with E-state index in [0.29, 0.717) is 38.4 Å². The molecule has 2 amide bonds. The van der Waals surface area contributed by atoms with Crippen LogP contribution in [0, 0.1) is 11.6 Å². The monoisotopic (exact) mass is 396 g/mol. The van der Waals surface area contributed by atoms with Crippen LogP contribution in [0.15, 0.2) is 18.2 Å². The lowest BCUT2D eigenvalue weighted by Crippen LogP contribution is -2.58. The Hall–Kier alpha value is -2.42. The van der Waals surface area contributed by atoms with Crippen molar-refractivity contribution in [1.29, 1.82) is 0 Å². The number of hydrogen-bond acceptors (Lipinski definition) is 4. The Morgan fingerprint density at radius 2 is 1.71 bits per heavy atom. The van der Waals surface area contributed by atoms with Gasteiger partial charge in [0.05, 0.1) is 5.69 Å². The van der Waals surface area contributed by atoms with Gasteiger partial charge < -0.3 is 25.1 Å². The molecule has 2 aliphatic heterocycles. The van der Waals surface area contributed by atoms with E-state index in [-0.39, 0.29) is 5.91 Å². The zero-order chi connectivity index (χ0) is 20.1. The highest BCUT2D eigenvalue weighted by molar-refractivity contribution is 5.85. The van der Waals surface area contributed by atoms with Crippen LogP contribution in [0.3, 0.4) is 0 Å². The third-order valence-electron chi connectivity index (χ3n) is 5.33. The molecule has 1 unspecified atom stereocenters. The Labute approximate surface area is 162 Å². The molecular formula is C19H26F2N4O3. The number of benzene rings is 1. The van der Waals surface area contributed by atoms with Gasteiger partial charge in [-0.25, -0.2) is 13.6 Å². The van der Waals surface area contributed by atoms with Crippen molar-refractivity contribution in [2.45, 2.75) is 25.3 Å². The van der Waals surface area contributed by atoms with Crippen LogP contribution in [0.5, 0.6) is 0 Å². The molecule has 0 saturated carbocycles. The molecule has 2 fully saturated rings. The van der Waals surface area contributed by atoms with E-state index in [4.69, 9.17) is 5.11 Å². The Bertz CT molecular complexity index is 704. The van der Waals surface area contributed by atoms with E-state index in [1.165, 1.54) is 12.1 Å². The second-order valence-electron chi connectivity index (χ2n) is 7.27. The van der Waals surface area contributed by atoms with E-state index in [1.54, 1.807) is 9.80 Å². The lowest BCUT2D eigenvalue weighted by atomic mass is 10.1. The largest absolute Gasteiger partial charge is 0.465 e. The third-order valence-corrected chi connectivity index (χ3v) is 5.33. The molecule has 9 heteroatoms. The van der Waals surface area contributed by atoms with E-state index < -0.39 is 23.8 Å². The summed E-state index contributed by atoms with van der Waals surface area (Å²) in [4.78, 5) is 29.6. The number of carbonyl (C=O) groups excluding carboxylic acids is 1. The number of halogens is 2. The maximum Gasteiger partial charge on any atom is 0.405 e. The number of rotatable bonds is 5. The van der Waals surface area contributed by atoms with Gasteiger partial charge in [0.25, 0.3) is 0 Å². The summed E-state index contributed by atoms with van der Waals surface area (Å²) in [6, 6.07) is 2.64. The average molecular weight is 396 g/mol. The molecule has 2 aliphatic rings. The summed E-state index contributed by atoms with van der Waals surface area (Å²) in [5, 5.41) is 11.5. The second kappa shape index (κ2) is 9.18. The van der Waals surface area contributed by atoms with Crippen LogP contribution in [-0.2, 0) is 4.79 Å². The summed E-state index contributed by atoms with van der Waals surface area (Å²) in [6.07, 6.45) is 2.04. The molecule has 0 aliphatic carbocycles. The maximum atomic E-state index is 14.0. The van der Waals surface area contributed by atoms with Gasteiger partial charge in [-0.3, -0.25) is 4.79 Å². The number of piperidine rings is 1. The standard InChI is InChI=1S/C19H26F2N4O3/c20-14-4-5-17(15(21)12-14)24-8-10-25(11-9-24)18(26)16(22-19(27)28)13-23-6-2-1-3-7-23/h4-5,12,16,22H,1-3,6-11,13H2,(H,27,28). The fourth-order valence-electron chi connectivity index (χ4n) is 3.86. The molecule has 1 aromatic rings. The molecule has 0 bridgehead atoms. The molecule has 2 saturated heterocycles. The van der Waals surface area contributed by atoms with Crippen LogP contribution in [0.2, 0.25) is 0 Å². The summed E-state index contributed by atoms with van der Waals surface area (Å²) in [5.41, 5.74) is 0.307. The Morgan fingerprint density at radius 3 is 2.32 bits per heavy atom. The van der Waals surface area contributed by atoms with Crippen molar-refractivity contribution in [2.75, 3.05) is 50.7 Å². The van der Waals surface area contributed by atoms with E-state index in [9.17, 15) is 18.4 Å². The van der Waals surface area contributed by atoms with E-state index >= 15 is 0 Å². The Kier molecular flexibility index (Phi) is 6.66. The van der Waals surface area contributed by atoms with Crippen LogP contribution in [0.25, 0.3) is 0 Å². The predicted molar refractivity (Wildman–Crippen MR) is 100 cm³/mol. The van der Waals surface area contributed by atoms with Crippen LogP contribution in [0.4, 0.5) is 19.3 Å². The summed E-state index contributed by atoms with van der Waals surface area (Å²) in [7, 11) is 0. The second-order valence-corrected chi connectivity index (χ2v) is 7.27. The minimum absolute atomic E-state index is 0.257. The fourth-order valence-corrected chi connectivity index (χ4v) is 3.86. The first-order chi connectivity index (χ1) is 13.4. The number of piperazine rings is 1. The van der Waals surface area contributed by atoms with Crippen molar-refractivity contribution in [2.24, 2.45) is 0 Å². The minimum atomic E-state index is -1.22. The normalized spacial score (nSPS) is 19.4. The first-order valence-electron chi connectivity index (χ1n) is 9.64. The average Bonchev–Trinajstić information content (AvgIpc) is 2.68. The Balaban J connectivity index is 1.60. The number of carboxylic acid groups (broad SMARTS) is 1. The third kappa shape index (κ3) is 5.09. The summed E-state index contributed by atoms with van der Waals surface area (Å²) in [6.45, 7) is 3.60. The SMILES string of the molecule is O=C(O)NC(CN1CCCCC1)C(=O)N1CCN(c2ccc(F)cc2F)CC1. The van der Waals surface area contributed by atoms with Crippen LogP contribution in [0.1, 0.15) is 19.3 Å². The minimum Gasteiger partial charge on any atom is -0.465 e. The van der Waals surface area contributed by atoms with Gasteiger partial charge in [0.15, 0.2) is 0 Å². The molecule has 154 valence electrons. The summed E-state index contributed by atoms with van der Waals surface area (Å²) < 4.78 is 27.1. The lowest BCUT2D eigenvalue weighted by molar-refractivity contribution is -0.134. The number of anilines is 1. The molecule has 7 nitrogen and oxygen atoms in total. The number of carbonyl (C=O) groups is 2. The zero-order valence-corrected chi connectivity index (χ0v) is 15.7. The van der Waals surface area contributed by atoms with Crippen molar-refractivity contribution in [1.82, 2.24) is 15.1 Å². The van der Waals surface area contributed by atoms with Gasteiger partial charge in [-0.15, -0.1) is 0 Å². The van der Waals surface area contributed by atoms with Gasteiger partial charge in [-0.2, -0.15) is 0 Å². The van der Waals surface area contributed by atoms with Crippen LogP contribution >= 0.6 is 0 Å². The molecule has 0 radical (unpaired) electrons. The quantitative estimate of drug-likeness (QED) is 0.793. The van der Waals surface area contributed by atoms with Crippen LogP contribution in [-0.4, -0.2) is 78.8 Å². The number of amides is 2. The summed E-state index contributed by atoms with van der Waals surface area (Å²) in [5.74, 6) is -1.52. The molecule has 0 aromatic heterocycles. The molecular weight excluding hydrogens is 370 g/mol. The highest BCUT2D eigenvalue weighted by Gasteiger charge is 2.31. The molecule has 1 aromatic carbocycles. The van der Waals surface area contributed by atoms with Crippen molar-refractivity contribution in [3.63, 3.8) is 0 Å². The molecule has 0 spiro atoms. The molecule has 2 heterocycles. The van der Waals surface area contributed by atoms with Gasteiger partial charge >= 0.3 is 6.09 Å². The molecule has 1 atom stereocenters. The fraction of sp³-hybridized carbons (Fsp3) is 0.579. The van der Waals surface area contributed by atoms with Crippen molar-refractivity contribution in [3.8, 4) is 0 Å². The highest BCUT2D eigenvalue weighted by Crippen LogP contribution is 2.22. The van der Waals surface area contributed by atoms with E-state index in [2.05, 4.69) is 10.2 Å². The van der Waals surface area contributed by atoms with E-state index in [1.807, 2.05) is 0 Å². The predicted octanol–water partition coefficient (Wildman–Crippen LogP) is 1.74. The smallest absolute Gasteiger partial charge is 0.405 e. The van der Waals surface area contributed by atoms with Crippen molar-refractivity contribution in [3.05, 3.63) is 29.8 Å². The number of nitrogens with zero attached hydrogens (tertiary/aromatic N) is 3. The van der Waals surface area contributed by atoms with Gasteiger partial charge in [0.1, 0.15) is 17.7 Å². The van der Waals surface area contributed by atoms with E-state index in [0.717, 1.165) is 38.4 Å². The maximum absolute atomic E-state index is 14.0. The molecule has 3 rings (SSSR count). The highest BCUT2D eigenvalue weighted by atomic mass is 19.1. The van der Waals surface area contributed by atoms with Gasteiger partial charge in [-0.05, 0) is 38.1 Å². The molecule has 2 N–H and O–H groups in total. The van der Waals surface area contributed by atoms with Gasteiger partial charge in [0.2, 0.25) is 5.91 Å². The van der Waals surface area contributed by atoms with Crippen molar-refractivity contribution < 1.29 is 23.5 Å². The summed E-state index contributed by atoms with van der Waals surface area (Å²) >= 11 is 0. The number of likely N-dealkylation sites (tertiary alicyclic amines) is 1. The van der Waals surface area contributed by atoms with Crippen LogP contribution < -0.4 is 10.2 Å². The van der Waals surface area contributed by atoms with Crippen molar-refractivity contribution >= 4 is 17.7 Å².